The predicted octanol–water partition coefficient (Wildman–Crippen LogP) is 1.06. The van der Waals surface area contributed by atoms with Crippen molar-refractivity contribution in [2.45, 2.75) is 38.2 Å². The molecule has 1 saturated heterocycles. The second kappa shape index (κ2) is 4.77. The Morgan fingerprint density at radius 2 is 2.33 bits per heavy atom. The van der Waals surface area contributed by atoms with Crippen molar-refractivity contribution >= 4 is 0 Å². The number of aliphatic hydroxyl groups excluding tert-OH is 1. The van der Waals surface area contributed by atoms with Crippen molar-refractivity contribution in [3.63, 3.8) is 0 Å². The second-order valence-corrected chi connectivity index (χ2v) is 4.25. The molecule has 4 heteroatoms. The molecular weight excluding hydrogens is 192 g/mol. The van der Waals surface area contributed by atoms with Crippen molar-refractivity contribution in [2.24, 2.45) is 0 Å². The molecule has 1 fully saturated rings. The second-order valence-electron chi connectivity index (χ2n) is 4.25. The van der Waals surface area contributed by atoms with Gasteiger partial charge in [-0.3, -0.25) is 0 Å². The number of rotatable bonds is 3. The van der Waals surface area contributed by atoms with Crippen LogP contribution in [0, 0.1) is 0 Å². The van der Waals surface area contributed by atoms with Crippen molar-refractivity contribution in [1.29, 1.82) is 0 Å². The van der Waals surface area contributed by atoms with E-state index in [9.17, 15) is 5.11 Å². The van der Waals surface area contributed by atoms with E-state index in [0.29, 0.717) is 12.3 Å². The fourth-order valence-electron chi connectivity index (χ4n) is 1.98. The van der Waals surface area contributed by atoms with Crippen LogP contribution in [0.25, 0.3) is 0 Å². The molecule has 1 aliphatic rings. The van der Waals surface area contributed by atoms with E-state index in [1.807, 2.05) is 0 Å². The van der Waals surface area contributed by atoms with E-state index >= 15 is 0 Å². The first-order valence-corrected chi connectivity index (χ1v) is 5.59. The highest BCUT2D eigenvalue weighted by molar-refractivity contribution is 5.03. The lowest BCUT2D eigenvalue weighted by atomic mass is 9.98. The van der Waals surface area contributed by atoms with Crippen LogP contribution in [-0.4, -0.2) is 29.3 Å². The van der Waals surface area contributed by atoms with E-state index in [1.54, 1.807) is 13.2 Å². The van der Waals surface area contributed by atoms with Gasteiger partial charge in [-0.05, 0) is 32.9 Å². The Morgan fingerprint density at radius 1 is 1.60 bits per heavy atom. The normalized spacial score (nSPS) is 20.4. The number of aliphatic hydroxyl groups is 1. The molecule has 0 aromatic carbocycles. The largest absolute Gasteiger partial charge is 0.448 e. The lowest BCUT2D eigenvalue weighted by Crippen LogP contribution is -2.26. The maximum absolute atomic E-state index is 9.23. The first kappa shape index (κ1) is 10.6. The third-order valence-corrected chi connectivity index (χ3v) is 2.76. The molecule has 1 aromatic rings. The van der Waals surface area contributed by atoms with Crippen LogP contribution in [0.3, 0.4) is 0 Å². The van der Waals surface area contributed by atoms with E-state index in [1.165, 1.54) is 0 Å². The summed E-state index contributed by atoms with van der Waals surface area (Å²) in [6.45, 7) is 3.84. The zero-order valence-corrected chi connectivity index (χ0v) is 9.07. The molecule has 15 heavy (non-hydrogen) atoms. The van der Waals surface area contributed by atoms with Crippen LogP contribution >= 0.6 is 0 Å². The summed E-state index contributed by atoms with van der Waals surface area (Å²) < 4.78 is 5.46. The maximum Gasteiger partial charge on any atom is 0.197 e. The highest BCUT2D eigenvalue weighted by Gasteiger charge is 2.20. The van der Waals surface area contributed by atoms with Gasteiger partial charge in [-0.1, -0.05) is 0 Å². The van der Waals surface area contributed by atoms with Gasteiger partial charge in [0.2, 0.25) is 0 Å². The predicted molar refractivity (Wildman–Crippen MR) is 56.7 cm³/mol. The molecule has 0 aliphatic carbocycles. The van der Waals surface area contributed by atoms with Gasteiger partial charge < -0.3 is 14.8 Å². The van der Waals surface area contributed by atoms with Crippen LogP contribution in [0.2, 0.25) is 0 Å². The molecule has 2 heterocycles. The number of hydrogen-bond acceptors (Lipinski definition) is 4. The number of aromatic nitrogens is 1. The minimum absolute atomic E-state index is 0.351. The number of nitrogens with one attached hydrogen (secondary N) is 1. The standard InChI is InChI=1S/C11H18N2O2/c1-8(14)6-10-7-15-11(13-10)9-2-4-12-5-3-9/h7-9,12,14H,2-6H2,1H3. The lowest BCUT2D eigenvalue weighted by Gasteiger charge is -2.19. The topological polar surface area (TPSA) is 58.3 Å². The zero-order chi connectivity index (χ0) is 10.7. The van der Waals surface area contributed by atoms with Crippen LogP contribution in [0.15, 0.2) is 10.7 Å². The molecule has 1 aliphatic heterocycles. The summed E-state index contributed by atoms with van der Waals surface area (Å²) in [4.78, 5) is 4.42. The summed E-state index contributed by atoms with van der Waals surface area (Å²) in [7, 11) is 0. The van der Waals surface area contributed by atoms with Crippen LogP contribution in [0.1, 0.15) is 37.3 Å². The molecule has 0 radical (unpaired) electrons. The van der Waals surface area contributed by atoms with Gasteiger partial charge in [-0.15, -0.1) is 0 Å². The minimum atomic E-state index is -0.351. The van der Waals surface area contributed by atoms with Gasteiger partial charge in [0.25, 0.3) is 0 Å². The first-order valence-electron chi connectivity index (χ1n) is 5.59. The molecule has 2 rings (SSSR count). The molecule has 1 atom stereocenters. The third-order valence-electron chi connectivity index (χ3n) is 2.76. The van der Waals surface area contributed by atoms with Gasteiger partial charge in [0, 0.05) is 12.3 Å². The molecular formula is C11H18N2O2. The van der Waals surface area contributed by atoms with E-state index < -0.39 is 0 Å². The lowest BCUT2D eigenvalue weighted by molar-refractivity contribution is 0.194. The fourth-order valence-corrected chi connectivity index (χ4v) is 1.98. The summed E-state index contributed by atoms with van der Waals surface area (Å²) in [5.41, 5.74) is 0.860. The molecule has 0 amide bonds. The number of nitrogens with zero attached hydrogens (tertiary/aromatic N) is 1. The van der Waals surface area contributed by atoms with E-state index in [0.717, 1.165) is 37.5 Å². The van der Waals surface area contributed by atoms with Crippen molar-refractivity contribution in [2.75, 3.05) is 13.1 Å². The zero-order valence-electron chi connectivity index (χ0n) is 9.07. The third kappa shape index (κ3) is 2.79. The number of hydrogen-bond donors (Lipinski definition) is 2. The Bertz CT molecular complexity index is 303. The summed E-state index contributed by atoms with van der Waals surface area (Å²) in [5.74, 6) is 1.29. The average Bonchev–Trinajstić information content (AvgIpc) is 2.67. The molecule has 1 unspecified atom stereocenters. The van der Waals surface area contributed by atoms with Crippen molar-refractivity contribution in [3.05, 3.63) is 17.8 Å². The highest BCUT2D eigenvalue weighted by Crippen LogP contribution is 2.24. The molecule has 0 saturated carbocycles. The molecule has 4 nitrogen and oxygen atoms in total. The Morgan fingerprint density at radius 3 is 3.00 bits per heavy atom. The fraction of sp³-hybridized carbons (Fsp3) is 0.727. The number of piperidine rings is 1. The summed E-state index contributed by atoms with van der Waals surface area (Å²) >= 11 is 0. The van der Waals surface area contributed by atoms with Crippen LogP contribution in [-0.2, 0) is 6.42 Å². The molecule has 0 bridgehead atoms. The summed E-state index contributed by atoms with van der Waals surface area (Å²) in [6, 6.07) is 0. The SMILES string of the molecule is CC(O)Cc1coc(C2CCNCC2)n1. The minimum Gasteiger partial charge on any atom is -0.448 e. The molecule has 2 N–H and O–H groups in total. The van der Waals surface area contributed by atoms with Crippen LogP contribution in [0.4, 0.5) is 0 Å². The van der Waals surface area contributed by atoms with Crippen molar-refractivity contribution < 1.29 is 9.52 Å². The average molecular weight is 210 g/mol. The van der Waals surface area contributed by atoms with Crippen molar-refractivity contribution in [3.8, 4) is 0 Å². The summed E-state index contributed by atoms with van der Waals surface area (Å²) in [5, 5.41) is 12.5. The highest BCUT2D eigenvalue weighted by atomic mass is 16.3. The first-order chi connectivity index (χ1) is 7.25. The van der Waals surface area contributed by atoms with Gasteiger partial charge >= 0.3 is 0 Å². The Hall–Kier alpha value is -0.870. The molecule has 84 valence electrons. The van der Waals surface area contributed by atoms with Crippen molar-refractivity contribution in [1.82, 2.24) is 10.3 Å². The van der Waals surface area contributed by atoms with Crippen LogP contribution in [0.5, 0.6) is 0 Å². The Kier molecular flexibility index (Phi) is 3.38. The van der Waals surface area contributed by atoms with E-state index in [4.69, 9.17) is 4.42 Å². The van der Waals surface area contributed by atoms with Gasteiger partial charge in [-0.2, -0.15) is 0 Å². The Labute approximate surface area is 89.7 Å². The quantitative estimate of drug-likeness (QED) is 0.783. The summed E-state index contributed by atoms with van der Waals surface area (Å²) in [6.07, 6.45) is 4.08. The van der Waals surface area contributed by atoms with Gasteiger partial charge in [0.15, 0.2) is 5.89 Å². The van der Waals surface area contributed by atoms with Crippen LogP contribution < -0.4 is 5.32 Å². The maximum atomic E-state index is 9.23. The van der Waals surface area contributed by atoms with Gasteiger partial charge in [0.1, 0.15) is 6.26 Å². The van der Waals surface area contributed by atoms with Gasteiger partial charge in [-0.25, -0.2) is 4.98 Å². The van der Waals surface area contributed by atoms with E-state index in [2.05, 4.69) is 10.3 Å². The smallest absolute Gasteiger partial charge is 0.197 e. The van der Waals surface area contributed by atoms with Gasteiger partial charge in [0.05, 0.1) is 11.8 Å². The molecule has 0 spiro atoms. The van der Waals surface area contributed by atoms with E-state index in [-0.39, 0.29) is 6.10 Å². The Balaban J connectivity index is 1.99. The number of oxazole rings is 1. The molecule has 1 aromatic heterocycles. The monoisotopic (exact) mass is 210 g/mol.